The lowest BCUT2D eigenvalue weighted by Crippen LogP contribution is -2.11. The second-order valence-electron chi connectivity index (χ2n) is 4.75. The van der Waals surface area contributed by atoms with Crippen LogP contribution in [0.4, 0.5) is 5.13 Å². The van der Waals surface area contributed by atoms with Gasteiger partial charge in [-0.3, -0.25) is 10.1 Å². The first-order valence-electron chi connectivity index (χ1n) is 6.82. The van der Waals surface area contributed by atoms with Crippen molar-refractivity contribution < 1.29 is 9.53 Å². The molecule has 0 radical (unpaired) electrons. The van der Waals surface area contributed by atoms with E-state index in [1.54, 1.807) is 19.5 Å². The SMILES string of the molecule is COc1ccc(Cc2nnc(NC(=O)c3scnc3C)s2)cc1. The standard InChI is InChI=1S/C15H14N4O2S2/c1-9-13(22-8-16-9)14(20)17-15-19-18-12(23-15)7-10-3-5-11(21-2)6-4-10/h3-6,8H,7H2,1-2H3,(H,17,19,20). The van der Waals surface area contributed by atoms with Gasteiger partial charge in [0.15, 0.2) is 0 Å². The smallest absolute Gasteiger partial charge is 0.269 e. The molecule has 0 atom stereocenters. The van der Waals surface area contributed by atoms with Crippen molar-refractivity contribution in [3.63, 3.8) is 0 Å². The van der Waals surface area contributed by atoms with Crippen molar-refractivity contribution in [1.82, 2.24) is 15.2 Å². The number of hydrogen-bond acceptors (Lipinski definition) is 7. The van der Waals surface area contributed by atoms with Gasteiger partial charge in [-0.1, -0.05) is 23.5 Å². The molecule has 0 saturated carbocycles. The molecule has 2 aromatic heterocycles. The van der Waals surface area contributed by atoms with E-state index in [0.717, 1.165) is 22.0 Å². The maximum atomic E-state index is 12.1. The molecule has 8 heteroatoms. The quantitative estimate of drug-likeness (QED) is 0.768. The first-order valence-corrected chi connectivity index (χ1v) is 8.52. The van der Waals surface area contributed by atoms with Gasteiger partial charge in [0.2, 0.25) is 5.13 Å². The van der Waals surface area contributed by atoms with E-state index in [2.05, 4.69) is 20.5 Å². The number of aromatic nitrogens is 3. The maximum Gasteiger partial charge on any atom is 0.269 e. The molecule has 0 aliphatic carbocycles. The van der Waals surface area contributed by atoms with Crippen LogP contribution in [0.1, 0.15) is 25.9 Å². The van der Waals surface area contributed by atoms with Crippen molar-refractivity contribution in [2.75, 3.05) is 12.4 Å². The lowest BCUT2D eigenvalue weighted by molar-refractivity contribution is 0.102. The fourth-order valence-electron chi connectivity index (χ4n) is 1.97. The van der Waals surface area contributed by atoms with Crippen LogP contribution in [0.5, 0.6) is 5.75 Å². The molecule has 0 unspecified atom stereocenters. The largest absolute Gasteiger partial charge is 0.497 e. The number of amides is 1. The number of benzene rings is 1. The molecule has 0 aliphatic rings. The Morgan fingerprint density at radius 3 is 2.70 bits per heavy atom. The summed E-state index contributed by atoms with van der Waals surface area (Å²) in [5.41, 5.74) is 3.48. The Balaban J connectivity index is 1.65. The highest BCUT2D eigenvalue weighted by atomic mass is 32.1. The minimum atomic E-state index is -0.197. The van der Waals surface area contributed by atoms with Crippen molar-refractivity contribution >= 4 is 33.7 Å². The van der Waals surface area contributed by atoms with Crippen molar-refractivity contribution in [2.45, 2.75) is 13.3 Å². The second-order valence-corrected chi connectivity index (χ2v) is 6.66. The number of anilines is 1. The van der Waals surface area contributed by atoms with Gasteiger partial charge in [0.05, 0.1) is 18.3 Å². The number of methoxy groups -OCH3 is 1. The molecular formula is C15H14N4O2S2. The number of ether oxygens (including phenoxy) is 1. The second kappa shape index (κ2) is 6.84. The molecule has 0 bridgehead atoms. The summed E-state index contributed by atoms with van der Waals surface area (Å²) < 4.78 is 5.14. The molecule has 0 spiro atoms. The molecule has 0 fully saturated rings. The molecule has 1 aromatic carbocycles. The summed E-state index contributed by atoms with van der Waals surface area (Å²) in [5, 5.41) is 12.2. The Morgan fingerprint density at radius 2 is 2.04 bits per heavy atom. The summed E-state index contributed by atoms with van der Waals surface area (Å²) in [5.74, 6) is 0.621. The van der Waals surface area contributed by atoms with E-state index in [0.29, 0.717) is 16.4 Å². The Kier molecular flexibility index (Phi) is 4.63. The highest BCUT2D eigenvalue weighted by Crippen LogP contribution is 2.21. The number of rotatable bonds is 5. The van der Waals surface area contributed by atoms with Crippen molar-refractivity contribution in [1.29, 1.82) is 0 Å². The lowest BCUT2D eigenvalue weighted by Gasteiger charge is -2.01. The van der Waals surface area contributed by atoms with Crippen LogP contribution in [-0.4, -0.2) is 28.2 Å². The third kappa shape index (κ3) is 3.72. The zero-order chi connectivity index (χ0) is 16.2. The van der Waals surface area contributed by atoms with Gasteiger partial charge in [0, 0.05) is 6.42 Å². The van der Waals surface area contributed by atoms with Crippen LogP contribution in [0.3, 0.4) is 0 Å². The summed E-state index contributed by atoms with van der Waals surface area (Å²) in [6, 6.07) is 7.79. The van der Waals surface area contributed by atoms with Crippen LogP contribution >= 0.6 is 22.7 Å². The van der Waals surface area contributed by atoms with Crippen molar-refractivity contribution in [3.8, 4) is 5.75 Å². The van der Waals surface area contributed by atoms with E-state index >= 15 is 0 Å². The first-order chi connectivity index (χ1) is 11.2. The van der Waals surface area contributed by atoms with E-state index in [1.807, 2.05) is 24.3 Å². The van der Waals surface area contributed by atoms with Crippen LogP contribution < -0.4 is 10.1 Å². The number of nitrogens with zero attached hydrogens (tertiary/aromatic N) is 3. The molecule has 0 aliphatic heterocycles. The first kappa shape index (κ1) is 15.6. The maximum absolute atomic E-state index is 12.1. The van der Waals surface area contributed by atoms with Crippen LogP contribution in [-0.2, 0) is 6.42 Å². The van der Waals surface area contributed by atoms with E-state index in [-0.39, 0.29) is 5.91 Å². The van der Waals surface area contributed by atoms with E-state index in [1.165, 1.54) is 22.7 Å². The Labute approximate surface area is 141 Å². The van der Waals surface area contributed by atoms with Gasteiger partial charge >= 0.3 is 0 Å². The molecule has 0 saturated heterocycles. The molecule has 2 heterocycles. The van der Waals surface area contributed by atoms with Gasteiger partial charge in [-0.05, 0) is 24.6 Å². The summed E-state index contributed by atoms with van der Waals surface area (Å²) in [6.45, 7) is 1.81. The Bertz CT molecular complexity index is 811. The average Bonchev–Trinajstić information content (AvgIpc) is 3.17. The number of carbonyl (C=O) groups is 1. The fraction of sp³-hybridized carbons (Fsp3) is 0.200. The topological polar surface area (TPSA) is 77.0 Å². The molecule has 1 amide bonds. The van der Waals surface area contributed by atoms with E-state index < -0.39 is 0 Å². The molecule has 1 N–H and O–H groups in total. The van der Waals surface area contributed by atoms with Crippen molar-refractivity contribution in [2.24, 2.45) is 0 Å². The summed E-state index contributed by atoms with van der Waals surface area (Å²) in [6.07, 6.45) is 0.664. The molecule has 118 valence electrons. The molecular weight excluding hydrogens is 332 g/mol. The summed E-state index contributed by atoms with van der Waals surface area (Å²) in [7, 11) is 1.64. The third-order valence-corrected chi connectivity index (χ3v) is 4.92. The average molecular weight is 346 g/mol. The number of carbonyl (C=O) groups excluding carboxylic acids is 1. The third-order valence-electron chi connectivity index (χ3n) is 3.15. The Hall–Kier alpha value is -2.32. The van der Waals surface area contributed by atoms with E-state index in [9.17, 15) is 4.79 Å². The van der Waals surface area contributed by atoms with Gasteiger partial charge in [0.1, 0.15) is 15.6 Å². The predicted octanol–water partition coefficient (Wildman–Crippen LogP) is 3.15. The van der Waals surface area contributed by atoms with Crippen LogP contribution in [0.2, 0.25) is 0 Å². The minimum absolute atomic E-state index is 0.197. The van der Waals surface area contributed by atoms with Gasteiger partial charge < -0.3 is 4.74 Å². The zero-order valence-corrected chi connectivity index (χ0v) is 14.2. The summed E-state index contributed by atoms with van der Waals surface area (Å²) in [4.78, 5) is 16.8. The van der Waals surface area contributed by atoms with Gasteiger partial charge in [-0.15, -0.1) is 21.5 Å². The lowest BCUT2D eigenvalue weighted by atomic mass is 10.1. The monoisotopic (exact) mass is 346 g/mol. The molecule has 3 aromatic rings. The van der Waals surface area contributed by atoms with Crippen LogP contribution in [0.25, 0.3) is 0 Å². The zero-order valence-electron chi connectivity index (χ0n) is 12.6. The highest BCUT2D eigenvalue weighted by molar-refractivity contribution is 7.15. The van der Waals surface area contributed by atoms with Crippen LogP contribution in [0.15, 0.2) is 29.8 Å². The number of hydrogen-bond donors (Lipinski definition) is 1. The van der Waals surface area contributed by atoms with Gasteiger partial charge in [-0.2, -0.15) is 0 Å². The summed E-state index contributed by atoms with van der Waals surface area (Å²) >= 11 is 2.68. The minimum Gasteiger partial charge on any atom is -0.497 e. The predicted molar refractivity (Wildman–Crippen MR) is 90.5 cm³/mol. The number of thiazole rings is 1. The van der Waals surface area contributed by atoms with Crippen molar-refractivity contribution in [3.05, 3.63) is 50.9 Å². The van der Waals surface area contributed by atoms with Crippen LogP contribution in [0, 0.1) is 6.92 Å². The van der Waals surface area contributed by atoms with Gasteiger partial charge in [-0.25, -0.2) is 4.98 Å². The molecule has 23 heavy (non-hydrogen) atoms. The van der Waals surface area contributed by atoms with Gasteiger partial charge in [0.25, 0.3) is 5.91 Å². The molecule has 3 rings (SSSR count). The van der Waals surface area contributed by atoms with E-state index in [4.69, 9.17) is 4.74 Å². The fourth-order valence-corrected chi connectivity index (χ4v) is 3.43. The normalized spacial score (nSPS) is 10.5. The number of aryl methyl sites for hydroxylation is 1. The number of nitrogens with one attached hydrogen (secondary N) is 1. The highest BCUT2D eigenvalue weighted by Gasteiger charge is 2.14. The molecule has 6 nitrogen and oxygen atoms in total. The Morgan fingerprint density at radius 1 is 1.26 bits per heavy atom.